The van der Waals surface area contributed by atoms with Crippen molar-refractivity contribution in [3.63, 3.8) is 0 Å². The molecule has 5 nitrogen and oxygen atoms in total. The number of benzene rings is 1. The van der Waals surface area contributed by atoms with Crippen LogP contribution in [0.5, 0.6) is 0 Å². The third-order valence-electron chi connectivity index (χ3n) is 5.53. The summed E-state index contributed by atoms with van der Waals surface area (Å²) in [6.07, 6.45) is 2.60. The van der Waals surface area contributed by atoms with Crippen molar-refractivity contribution in [2.75, 3.05) is 25.5 Å². The highest BCUT2D eigenvalue weighted by Crippen LogP contribution is 2.26. The van der Waals surface area contributed by atoms with Crippen LogP contribution in [-0.4, -0.2) is 38.1 Å². The number of quaternary nitrogens is 1. The molecule has 1 aliphatic heterocycles. The van der Waals surface area contributed by atoms with Gasteiger partial charge in [0.15, 0.2) is 6.04 Å². The Morgan fingerprint density at radius 2 is 1.88 bits per heavy atom. The topological polar surface area (TPSA) is 59.8 Å². The number of amides is 1. The van der Waals surface area contributed by atoms with Crippen molar-refractivity contribution in [3.05, 3.63) is 29.8 Å². The van der Waals surface area contributed by atoms with E-state index in [1.165, 1.54) is 17.6 Å². The zero-order valence-electron chi connectivity index (χ0n) is 15.8. The first-order valence-electron chi connectivity index (χ1n) is 9.30. The number of piperidine rings is 1. The lowest BCUT2D eigenvalue weighted by molar-refractivity contribution is -0.919. The van der Waals surface area contributed by atoms with E-state index in [1.807, 2.05) is 25.1 Å². The van der Waals surface area contributed by atoms with Gasteiger partial charge in [-0.3, -0.25) is 9.59 Å². The summed E-state index contributed by atoms with van der Waals surface area (Å²) in [4.78, 5) is 25.6. The van der Waals surface area contributed by atoms with Crippen molar-refractivity contribution in [1.29, 1.82) is 0 Å². The largest absolute Gasteiger partial charge is 0.469 e. The molecule has 5 heteroatoms. The Morgan fingerprint density at radius 1 is 1.24 bits per heavy atom. The number of carbonyl (C=O) groups excluding carboxylic acids is 2. The van der Waals surface area contributed by atoms with Crippen LogP contribution in [0.3, 0.4) is 0 Å². The molecule has 1 heterocycles. The Bertz CT molecular complexity index is 594. The summed E-state index contributed by atoms with van der Waals surface area (Å²) < 4.78 is 4.83. The zero-order valence-corrected chi connectivity index (χ0v) is 15.8. The summed E-state index contributed by atoms with van der Waals surface area (Å²) in [6.45, 7) is 7.94. The summed E-state index contributed by atoms with van der Waals surface area (Å²) in [5.74, 6) is 0.311. The Labute approximate surface area is 150 Å². The van der Waals surface area contributed by atoms with E-state index < -0.39 is 0 Å². The van der Waals surface area contributed by atoms with Crippen LogP contribution in [0.2, 0.25) is 0 Å². The minimum Gasteiger partial charge on any atom is -0.469 e. The first-order valence-corrected chi connectivity index (χ1v) is 9.30. The van der Waals surface area contributed by atoms with E-state index in [0.29, 0.717) is 5.92 Å². The molecule has 1 amide bonds. The smallest absolute Gasteiger partial charge is 0.309 e. The molecule has 1 aromatic carbocycles. The van der Waals surface area contributed by atoms with Crippen molar-refractivity contribution in [2.45, 2.75) is 52.0 Å². The summed E-state index contributed by atoms with van der Waals surface area (Å²) in [5, 5.41) is 3.12. The summed E-state index contributed by atoms with van der Waals surface area (Å²) in [7, 11) is 1.44. The number of nitrogens with one attached hydrogen (secondary N) is 2. The number of ether oxygens (including phenoxy) is 1. The predicted molar refractivity (Wildman–Crippen MR) is 98.7 cm³/mol. The highest BCUT2D eigenvalue weighted by atomic mass is 16.5. The maximum absolute atomic E-state index is 12.7. The minimum absolute atomic E-state index is 0.0184. The highest BCUT2D eigenvalue weighted by molar-refractivity contribution is 5.94. The molecular weight excluding hydrogens is 316 g/mol. The third kappa shape index (κ3) is 4.82. The van der Waals surface area contributed by atoms with Gasteiger partial charge >= 0.3 is 5.97 Å². The molecule has 1 aromatic rings. The van der Waals surface area contributed by atoms with Crippen LogP contribution in [-0.2, 0) is 14.3 Å². The van der Waals surface area contributed by atoms with Crippen LogP contribution in [0.25, 0.3) is 0 Å². The molecule has 0 spiro atoms. The minimum atomic E-state index is -0.136. The van der Waals surface area contributed by atoms with E-state index in [1.54, 1.807) is 0 Å². The van der Waals surface area contributed by atoms with E-state index in [4.69, 9.17) is 4.74 Å². The number of carbonyl (C=O) groups is 2. The summed E-state index contributed by atoms with van der Waals surface area (Å²) in [6, 6.07) is 7.90. The summed E-state index contributed by atoms with van der Waals surface area (Å²) in [5.41, 5.74) is 2.10. The molecule has 2 rings (SSSR count). The third-order valence-corrected chi connectivity index (χ3v) is 5.53. The highest BCUT2D eigenvalue weighted by Gasteiger charge is 2.33. The molecule has 1 fully saturated rings. The molecule has 0 unspecified atom stereocenters. The number of hydrogen-bond acceptors (Lipinski definition) is 3. The average molecular weight is 347 g/mol. The van der Waals surface area contributed by atoms with Gasteiger partial charge in [0.1, 0.15) is 0 Å². The molecule has 25 heavy (non-hydrogen) atoms. The molecular formula is C20H31N2O3+. The van der Waals surface area contributed by atoms with E-state index >= 15 is 0 Å². The Kier molecular flexibility index (Phi) is 7.00. The number of anilines is 1. The molecule has 0 radical (unpaired) electrons. The number of hydrogen-bond donors (Lipinski definition) is 2. The van der Waals surface area contributed by atoms with Crippen molar-refractivity contribution in [3.8, 4) is 0 Å². The fraction of sp³-hybridized carbons (Fsp3) is 0.600. The summed E-state index contributed by atoms with van der Waals surface area (Å²) >= 11 is 0. The lowest BCUT2D eigenvalue weighted by Crippen LogP contribution is -3.17. The molecule has 1 aliphatic rings. The SMILES string of the molecule is CC[C@H](C)c1ccccc1NC(=O)[C@@H](C)[NH+]1CCC(C(=O)OC)CC1. The lowest BCUT2D eigenvalue weighted by Gasteiger charge is -2.31. The van der Waals surface area contributed by atoms with Gasteiger partial charge in [-0.15, -0.1) is 0 Å². The van der Waals surface area contributed by atoms with Crippen LogP contribution in [0, 0.1) is 5.92 Å². The zero-order chi connectivity index (χ0) is 18.4. The Hall–Kier alpha value is -1.88. The van der Waals surface area contributed by atoms with Gasteiger partial charge in [-0.25, -0.2) is 0 Å². The fourth-order valence-corrected chi connectivity index (χ4v) is 3.51. The van der Waals surface area contributed by atoms with E-state index in [0.717, 1.165) is 38.0 Å². The molecule has 138 valence electrons. The number of esters is 1. The van der Waals surface area contributed by atoms with Crippen LogP contribution < -0.4 is 10.2 Å². The normalized spacial score (nSPS) is 22.7. The molecule has 0 saturated carbocycles. The monoisotopic (exact) mass is 347 g/mol. The maximum Gasteiger partial charge on any atom is 0.309 e. The van der Waals surface area contributed by atoms with Crippen LogP contribution in [0.15, 0.2) is 24.3 Å². The molecule has 0 aliphatic carbocycles. The molecule has 0 aromatic heterocycles. The van der Waals surface area contributed by atoms with Gasteiger partial charge in [0.25, 0.3) is 5.91 Å². The first kappa shape index (κ1) is 19.4. The van der Waals surface area contributed by atoms with Gasteiger partial charge in [0.05, 0.1) is 26.1 Å². The van der Waals surface area contributed by atoms with Gasteiger partial charge in [0, 0.05) is 18.5 Å². The standard InChI is InChI=1S/C20H30N2O3/c1-5-14(2)17-8-6-7-9-18(17)21-19(23)15(3)22-12-10-16(11-13-22)20(24)25-4/h6-9,14-16H,5,10-13H2,1-4H3,(H,21,23)/p+1/t14-,15+/m0/s1. The second-order valence-electron chi connectivity index (χ2n) is 7.06. The van der Waals surface area contributed by atoms with Crippen LogP contribution in [0.4, 0.5) is 5.69 Å². The quantitative estimate of drug-likeness (QED) is 0.774. The van der Waals surface area contributed by atoms with E-state index in [2.05, 4.69) is 25.2 Å². The second kappa shape index (κ2) is 8.99. The second-order valence-corrected chi connectivity index (χ2v) is 7.06. The number of likely N-dealkylation sites (tertiary alicyclic amines) is 1. The van der Waals surface area contributed by atoms with Gasteiger partial charge in [-0.2, -0.15) is 0 Å². The van der Waals surface area contributed by atoms with Gasteiger partial charge in [0.2, 0.25) is 0 Å². The predicted octanol–water partition coefficient (Wildman–Crippen LogP) is 1.99. The van der Waals surface area contributed by atoms with Crippen molar-refractivity contribution >= 4 is 17.6 Å². The number of methoxy groups -OCH3 is 1. The number of para-hydroxylation sites is 1. The average Bonchev–Trinajstić information content (AvgIpc) is 2.66. The number of rotatable bonds is 6. The van der Waals surface area contributed by atoms with E-state index in [9.17, 15) is 9.59 Å². The van der Waals surface area contributed by atoms with Crippen LogP contribution >= 0.6 is 0 Å². The first-order chi connectivity index (χ1) is 12.0. The van der Waals surface area contributed by atoms with Crippen molar-refractivity contribution < 1.29 is 19.2 Å². The molecule has 0 bridgehead atoms. The Balaban J connectivity index is 1.97. The van der Waals surface area contributed by atoms with Gasteiger partial charge < -0.3 is 15.0 Å². The molecule has 2 N–H and O–H groups in total. The van der Waals surface area contributed by atoms with Crippen LogP contribution in [0.1, 0.15) is 51.5 Å². The maximum atomic E-state index is 12.7. The van der Waals surface area contributed by atoms with Crippen molar-refractivity contribution in [1.82, 2.24) is 0 Å². The molecule has 2 atom stereocenters. The van der Waals surface area contributed by atoms with Gasteiger partial charge in [-0.05, 0) is 30.9 Å². The Morgan fingerprint density at radius 3 is 2.48 bits per heavy atom. The molecule has 1 saturated heterocycles. The lowest BCUT2D eigenvalue weighted by atomic mass is 9.95. The van der Waals surface area contributed by atoms with E-state index in [-0.39, 0.29) is 23.8 Å². The fourth-order valence-electron chi connectivity index (χ4n) is 3.51. The van der Waals surface area contributed by atoms with Gasteiger partial charge in [-0.1, -0.05) is 32.0 Å². The van der Waals surface area contributed by atoms with Crippen molar-refractivity contribution in [2.24, 2.45) is 5.92 Å².